The molecular formula is C13H22N4O3S. The molecule has 0 aliphatic carbocycles. The quantitative estimate of drug-likeness (QED) is 0.736. The molecule has 1 aromatic rings. The maximum Gasteiger partial charge on any atom is 0.227 e. The van der Waals surface area contributed by atoms with Crippen LogP contribution in [0.3, 0.4) is 0 Å². The zero-order valence-corrected chi connectivity index (χ0v) is 13.3. The number of anilines is 2. The molecule has 1 aromatic heterocycles. The number of aromatic nitrogens is 2. The fraction of sp³-hybridized carbons (Fsp3) is 0.692. The predicted molar refractivity (Wildman–Crippen MR) is 82.5 cm³/mol. The summed E-state index contributed by atoms with van der Waals surface area (Å²) < 4.78 is 28.1. The lowest BCUT2D eigenvalue weighted by molar-refractivity contribution is 0.198. The van der Waals surface area contributed by atoms with E-state index in [1.165, 1.54) is 0 Å². The molecule has 7 nitrogen and oxygen atoms in total. The normalized spacial score (nSPS) is 20.4. The van der Waals surface area contributed by atoms with Gasteiger partial charge in [0.05, 0.1) is 11.5 Å². The summed E-state index contributed by atoms with van der Waals surface area (Å²) in [5.74, 6) is 1.72. The third-order valence-electron chi connectivity index (χ3n) is 3.55. The Kier molecular flexibility index (Phi) is 5.35. The van der Waals surface area contributed by atoms with Gasteiger partial charge in [0, 0.05) is 39.5 Å². The summed E-state index contributed by atoms with van der Waals surface area (Å²) in [6, 6.07) is 1.76. The van der Waals surface area contributed by atoms with Gasteiger partial charge in [-0.15, -0.1) is 0 Å². The molecule has 8 heteroatoms. The summed E-state index contributed by atoms with van der Waals surface area (Å²) in [5, 5.41) is 3.21. The van der Waals surface area contributed by atoms with E-state index in [0.717, 1.165) is 18.8 Å². The Bertz CT molecular complexity index is 564. The molecule has 1 fully saturated rings. The third kappa shape index (κ3) is 4.53. The van der Waals surface area contributed by atoms with Crippen LogP contribution in [0.5, 0.6) is 0 Å². The Morgan fingerprint density at radius 2 is 2.33 bits per heavy atom. The van der Waals surface area contributed by atoms with Crippen LogP contribution in [-0.4, -0.2) is 63.2 Å². The Hall–Kier alpha value is -1.41. The second kappa shape index (κ2) is 7.04. The molecule has 2 heterocycles. The van der Waals surface area contributed by atoms with Crippen LogP contribution in [0.2, 0.25) is 0 Å². The first-order valence-electron chi connectivity index (χ1n) is 7.01. The van der Waals surface area contributed by atoms with Crippen molar-refractivity contribution in [2.75, 3.05) is 49.0 Å². The van der Waals surface area contributed by atoms with Gasteiger partial charge in [-0.2, -0.15) is 4.98 Å². The predicted octanol–water partition coefficient (Wildman–Crippen LogP) is 0.548. The molecule has 2 rings (SSSR count). The van der Waals surface area contributed by atoms with Crippen LogP contribution in [0.1, 0.15) is 12.8 Å². The van der Waals surface area contributed by atoms with Crippen LogP contribution in [-0.2, 0) is 14.6 Å². The van der Waals surface area contributed by atoms with Gasteiger partial charge in [0.1, 0.15) is 5.82 Å². The van der Waals surface area contributed by atoms with Gasteiger partial charge in [-0.25, -0.2) is 13.4 Å². The van der Waals surface area contributed by atoms with Gasteiger partial charge in [0.25, 0.3) is 0 Å². The largest absolute Gasteiger partial charge is 0.385 e. The van der Waals surface area contributed by atoms with Crippen LogP contribution in [0.4, 0.5) is 11.8 Å². The number of rotatable bonds is 7. The van der Waals surface area contributed by atoms with Crippen LogP contribution in [0.25, 0.3) is 0 Å². The summed E-state index contributed by atoms with van der Waals surface area (Å²) in [4.78, 5) is 10.5. The third-order valence-corrected chi connectivity index (χ3v) is 5.30. The van der Waals surface area contributed by atoms with Crippen LogP contribution in [0.15, 0.2) is 12.3 Å². The molecule has 118 valence electrons. The maximum atomic E-state index is 11.6. The summed E-state index contributed by atoms with van der Waals surface area (Å²) in [5.41, 5.74) is 0. The first kappa shape index (κ1) is 16.0. The lowest BCUT2D eigenvalue weighted by Crippen LogP contribution is -2.33. The van der Waals surface area contributed by atoms with Gasteiger partial charge in [-0.05, 0) is 18.9 Å². The summed E-state index contributed by atoms with van der Waals surface area (Å²) >= 11 is 0. The highest BCUT2D eigenvalue weighted by atomic mass is 32.2. The van der Waals surface area contributed by atoms with E-state index in [2.05, 4.69) is 15.3 Å². The van der Waals surface area contributed by atoms with E-state index in [9.17, 15) is 8.42 Å². The van der Waals surface area contributed by atoms with Crippen molar-refractivity contribution in [3.05, 3.63) is 12.3 Å². The van der Waals surface area contributed by atoms with Gasteiger partial charge in [-0.1, -0.05) is 0 Å². The lowest BCUT2D eigenvalue weighted by Gasteiger charge is -2.23. The number of hydrogen-bond donors (Lipinski definition) is 1. The fourth-order valence-corrected chi connectivity index (χ4v) is 4.07. The second-order valence-electron chi connectivity index (χ2n) is 5.18. The molecule has 0 amide bonds. The molecule has 1 N–H and O–H groups in total. The number of methoxy groups -OCH3 is 1. The smallest absolute Gasteiger partial charge is 0.227 e. The number of sulfone groups is 1. The molecular weight excluding hydrogens is 292 g/mol. The lowest BCUT2D eigenvalue weighted by atomic mass is 10.2. The van der Waals surface area contributed by atoms with E-state index in [1.54, 1.807) is 19.4 Å². The standard InChI is InChI=1S/C13H22N4O3S/c1-17(11-5-9-21(18,19)10-11)13-15-7-4-12(16-13)14-6-3-8-20-2/h4,7,11H,3,5-6,8-10H2,1-2H3,(H,14,15,16). The van der Waals surface area contributed by atoms with Crippen molar-refractivity contribution in [3.8, 4) is 0 Å². The highest BCUT2D eigenvalue weighted by molar-refractivity contribution is 7.91. The second-order valence-corrected chi connectivity index (χ2v) is 7.41. The Labute approximate surface area is 125 Å². The number of ether oxygens (including phenoxy) is 1. The van der Waals surface area contributed by atoms with Gasteiger partial charge in [0.15, 0.2) is 9.84 Å². The zero-order chi connectivity index (χ0) is 15.3. The maximum absolute atomic E-state index is 11.6. The molecule has 1 atom stereocenters. The van der Waals surface area contributed by atoms with E-state index in [1.807, 2.05) is 11.9 Å². The highest BCUT2D eigenvalue weighted by Crippen LogP contribution is 2.20. The van der Waals surface area contributed by atoms with Crippen molar-refractivity contribution in [1.82, 2.24) is 9.97 Å². The van der Waals surface area contributed by atoms with Crippen molar-refractivity contribution >= 4 is 21.6 Å². The molecule has 1 saturated heterocycles. The van der Waals surface area contributed by atoms with Crippen LogP contribution >= 0.6 is 0 Å². The van der Waals surface area contributed by atoms with E-state index >= 15 is 0 Å². The first-order chi connectivity index (χ1) is 10.0. The minimum Gasteiger partial charge on any atom is -0.385 e. The zero-order valence-electron chi connectivity index (χ0n) is 12.4. The van der Waals surface area contributed by atoms with E-state index in [-0.39, 0.29) is 17.5 Å². The Balaban J connectivity index is 1.96. The van der Waals surface area contributed by atoms with Crippen molar-refractivity contribution in [3.63, 3.8) is 0 Å². The van der Waals surface area contributed by atoms with Crippen LogP contribution in [0, 0.1) is 0 Å². The molecule has 1 aliphatic heterocycles. The molecule has 1 aliphatic rings. The summed E-state index contributed by atoms with van der Waals surface area (Å²) in [6.07, 6.45) is 3.21. The van der Waals surface area contributed by atoms with Crippen molar-refractivity contribution in [1.29, 1.82) is 0 Å². The molecule has 0 saturated carbocycles. The molecule has 0 spiro atoms. The Morgan fingerprint density at radius 3 is 3.00 bits per heavy atom. The number of hydrogen-bond acceptors (Lipinski definition) is 7. The average Bonchev–Trinajstić information content (AvgIpc) is 2.83. The van der Waals surface area contributed by atoms with E-state index in [0.29, 0.717) is 19.0 Å². The minimum absolute atomic E-state index is 0.0428. The van der Waals surface area contributed by atoms with Crippen molar-refractivity contribution in [2.45, 2.75) is 18.9 Å². The monoisotopic (exact) mass is 314 g/mol. The van der Waals surface area contributed by atoms with Crippen LogP contribution < -0.4 is 10.2 Å². The molecule has 0 bridgehead atoms. The number of nitrogens with one attached hydrogen (secondary N) is 1. The number of nitrogens with zero attached hydrogens (tertiary/aromatic N) is 3. The van der Waals surface area contributed by atoms with Gasteiger partial charge >= 0.3 is 0 Å². The molecule has 21 heavy (non-hydrogen) atoms. The van der Waals surface area contributed by atoms with Gasteiger partial charge in [-0.3, -0.25) is 0 Å². The molecule has 0 radical (unpaired) electrons. The topological polar surface area (TPSA) is 84.4 Å². The van der Waals surface area contributed by atoms with E-state index < -0.39 is 9.84 Å². The van der Waals surface area contributed by atoms with Crippen molar-refractivity contribution in [2.24, 2.45) is 0 Å². The van der Waals surface area contributed by atoms with Gasteiger partial charge < -0.3 is 15.0 Å². The minimum atomic E-state index is -2.91. The molecule has 1 unspecified atom stereocenters. The average molecular weight is 314 g/mol. The fourth-order valence-electron chi connectivity index (χ4n) is 2.29. The summed E-state index contributed by atoms with van der Waals surface area (Å²) in [7, 11) is 0.611. The SMILES string of the molecule is COCCCNc1ccnc(N(C)C2CCS(=O)(=O)C2)n1. The highest BCUT2D eigenvalue weighted by Gasteiger charge is 2.31. The molecule has 0 aromatic carbocycles. The van der Waals surface area contributed by atoms with Gasteiger partial charge in [0.2, 0.25) is 5.95 Å². The van der Waals surface area contributed by atoms with Crippen molar-refractivity contribution < 1.29 is 13.2 Å². The van der Waals surface area contributed by atoms with E-state index in [4.69, 9.17) is 4.74 Å². The first-order valence-corrected chi connectivity index (χ1v) is 8.83. The Morgan fingerprint density at radius 1 is 1.52 bits per heavy atom. The summed E-state index contributed by atoms with van der Waals surface area (Å²) in [6.45, 7) is 1.47.